The van der Waals surface area contributed by atoms with Crippen LogP contribution >= 0.6 is 0 Å². The molecule has 4 unspecified atom stereocenters. The zero-order chi connectivity index (χ0) is 32.1. The van der Waals surface area contributed by atoms with Gasteiger partial charge in [-0.1, -0.05) is 126 Å². The summed E-state index contributed by atoms with van der Waals surface area (Å²) >= 11 is 0. The molecule has 2 N–H and O–H groups in total. The lowest BCUT2D eigenvalue weighted by molar-refractivity contribution is 0.386. The molecule has 2 aliphatic rings. The predicted molar refractivity (Wildman–Crippen MR) is 192 cm³/mol. The second-order valence-corrected chi connectivity index (χ2v) is 14.9. The van der Waals surface area contributed by atoms with Gasteiger partial charge in [-0.25, -0.2) is 0 Å². The molecule has 0 bridgehead atoms. The molecule has 4 aromatic carbocycles. The van der Waals surface area contributed by atoms with E-state index in [0.29, 0.717) is 23.9 Å². The highest BCUT2D eigenvalue weighted by molar-refractivity contribution is 5.66. The van der Waals surface area contributed by atoms with Crippen molar-refractivity contribution < 1.29 is 4.42 Å². The number of anilines is 2. The molecule has 3 heterocycles. The van der Waals surface area contributed by atoms with E-state index in [1.165, 1.54) is 44.8 Å². The summed E-state index contributed by atoms with van der Waals surface area (Å²) in [4.78, 5) is 0. The van der Waals surface area contributed by atoms with Gasteiger partial charge in [-0.3, -0.25) is 0 Å². The maximum atomic E-state index is 6.23. The summed E-state index contributed by atoms with van der Waals surface area (Å²) in [5.41, 5.74) is 10.2. The highest BCUT2D eigenvalue weighted by Crippen LogP contribution is 2.49. The third-order valence-corrected chi connectivity index (χ3v) is 11.1. The molecule has 7 rings (SSSR count). The normalized spacial score (nSPS) is 24.5. The quantitative estimate of drug-likeness (QED) is 0.193. The van der Waals surface area contributed by atoms with Gasteiger partial charge in [0.2, 0.25) is 0 Å². The largest absolute Gasteiger partial charge is 0.468 e. The Morgan fingerprint density at radius 1 is 0.587 bits per heavy atom. The summed E-state index contributed by atoms with van der Waals surface area (Å²) in [5.74, 6) is 2.00. The summed E-state index contributed by atoms with van der Waals surface area (Å²) < 4.78 is 6.23. The average molecular weight is 609 g/mol. The zero-order valence-corrected chi connectivity index (χ0v) is 28.2. The first kappa shape index (κ1) is 30.4. The van der Waals surface area contributed by atoms with Crippen LogP contribution in [0, 0.1) is 11.8 Å². The lowest BCUT2D eigenvalue weighted by Gasteiger charge is -2.44. The highest BCUT2D eigenvalue weighted by Gasteiger charge is 2.41. The molecule has 0 radical (unpaired) electrons. The number of furan rings is 1. The van der Waals surface area contributed by atoms with Crippen LogP contribution < -0.4 is 10.6 Å². The van der Waals surface area contributed by atoms with Crippen molar-refractivity contribution in [3.05, 3.63) is 155 Å². The molecule has 0 saturated heterocycles. The van der Waals surface area contributed by atoms with Crippen molar-refractivity contribution >= 4 is 11.4 Å². The summed E-state index contributed by atoms with van der Waals surface area (Å²) in [6.07, 6.45) is 3.91. The number of hydrogen-bond donors (Lipinski definition) is 2. The maximum absolute atomic E-state index is 6.23. The van der Waals surface area contributed by atoms with Crippen LogP contribution in [-0.4, -0.2) is 12.1 Å². The molecule has 1 aromatic heterocycles. The van der Waals surface area contributed by atoms with Gasteiger partial charge in [0, 0.05) is 34.3 Å². The Balaban J connectivity index is 1.38. The Labute approximate surface area is 275 Å². The first-order valence-corrected chi connectivity index (χ1v) is 17.1. The third-order valence-electron chi connectivity index (χ3n) is 11.1. The highest BCUT2D eigenvalue weighted by atomic mass is 16.3. The maximum Gasteiger partial charge on any atom is 0.115 e. The van der Waals surface area contributed by atoms with Gasteiger partial charge in [-0.05, 0) is 82.3 Å². The van der Waals surface area contributed by atoms with Crippen LogP contribution in [0.15, 0.2) is 120 Å². The number of benzene rings is 4. The van der Waals surface area contributed by atoms with Gasteiger partial charge >= 0.3 is 0 Å². The first-order valence-electron chi connectivity index (χ1n) is 17.1. The van der Waals surface area contributed by atoms with Gasteiger partial charge in [0.15, 0.2) is 0 Å². The van der Waals surface area contributed by atoms with E-state index in [0.717, 1.165) is 18.6 Å². The van der Waals surface area contributed by atoms with Gasteiger partial charge in [0.25, 0.3) is 0 Å². The van der Waals surface area contributed by atoms with Crippen LogP contribution in [0.4, 0.5) is 11.4 Å². The predicted octanol–water partition coefficient (Wildman–Crippen LogP) is 10.8. The number of fused-ring (bicyclic) bond motifs is 2. The molecule has 0 amide bonds. The smallest absolute Gasteiger partial charge is 0.115 e. The van der Waals surface area contributed by atoms with E-state index in [9.17, 15) is 0 Å². The molecule has 2 aliphatic heterocycles. The fourth-order valence-electron chi connectivity index (χ4n) is 8.19. The van der Waals surface area contributed by atoms with Gasteiger partial charge in [0.1, 0.15) is 5.76 Å². The molecule has 3 nitrogen and oxygen atoms in total. The topological polar surface area (TPSA) is 37.2 Å². The summed E-state index contributed by atoms with van der Waals surface area (Å²) in [6, 6.07) is 41.3. The second-order valence-electron chi connectivity index (χ2n) is 14.9. The molecular weight excluding hydrogens is 560 g/mol. The minimum Gasteiger partial charge on any atom is -0.468 e. The molecule has 0 fully saturated rings. The van der Waals surface area contributed by atoms with E-state index < -0.39 is 0 Å². The molecule has 0 aliphatic carbocycles. The molecule has 4 atom stereocenters. The van der Waals surface area contributed by atoms with Gasteiger partial charge < -0.3 is 15.1 Å². The minimum absolute atomic E-state index is 0.0312. The van der Waals surface area contributed by atoms with Crippen molar-refractivity contribution in [1.82, 2.24) is 0 Å². The number of hydrogen-bond acceptors (Lipinski definition) is 3. The van der Waals surface area contributed by atoms with E-state index in [2.05, 4.69) is 155 Å². The molecule has 0 spiro atoms. The van der Waals surface area contributed by atoms with Crippen LogP contribution in [0.3, 0.4) is 0 Å². The second kappa shape index (κ2) is 11.8. The standard InChI is InChI=1S/C43H48N2O/c1-28(2)38-26-42(5,32-14-9-7-10-15-32)34-24-30(19-21-36(34)44-38)41(40-18-13-23-46-40)31-20-22-37-35(25-31)43(6,27-39(45-37)29(3)4)33-16-11-8-12-17-33/h7-25,28-29,38-39,41,44-45H,26-27H2,1-6H3. The Hall–Kier alpha value is -4.24. The molecule has 0 saturated carbocycles. The van der Waals surface area contributed by atoms with Crippen molar-refractivity contribution in [1.29, 1.82) is 0 Å². The SMILES string of the molecule is CC(C)C1CC(C)(c2ccccc2)c2cc(C(c3ccc4c(c3)C(C)(c3ccccc3)CC(C(C)C)N4)c3ccco3)ccc2N1. The van der Waals surface area contributed by atoms with Crippen LogP contribution in [0.25, 0.3) is 0 Å². The van der Waals surface area contributed by atoms with Crippen molar-refractivity contribution in [2.24, 2.45) is 11.8 Å². The van der Waals surface area contributed by atoms with E-state index >= 15 is 0 Å². The molecule has 46 heavy (non-hydrogen) atoms. The summed E-state index contributed by atoms with van der Waals surface area (Å²) in [7, 11) is 0. The van der Waals surface area contributed by atoms with E-state index in [4.69, 9.17) is 4.42 Å². The van der Waals surface area contributed by atoms with E-state index in [-0.39, 0.29) is 16.7 Å². The third kappa shape index (κ3) is 5.24. The van der Waals surface area contributed by atoms with Crippen molar-refractivity contribution in [3.8, 4) is 0 Å². The molecule has 3 heteroatoms. The Bertz CT molecular complexity index is 1670. The fraction of sp³-hybridized carbons (Fsp3) is 0.349. The van der Waals surface area contributed by atoms with Crippen LogP contribution in [0.2, 0.25) is 0 Å². The number of nitrogens with one attached hydrogen (secondary N) is 2. The van der Waals surface area contributed by atoms with Gasteiger partial charge in [0.05, 0.1) is 12.2 Å². The van der Waals surface area contributed by atoms with Crippen molar-refractivity contribution in [2.75, 3.05) is 10.6 Å². The Morgan fingerprint density at radius 3 is 1.43 bits per heavy atom. The monoisotopic (exact) mass is 608 g/mol. The Kier molecular flexibility index (Phi) is 7.83. The van der Waals surface area contributed by atoms with Gasteiger partial charge in [-0.15, -0.1) is 0 Å². The molecule has 5 aromatic rings. The van der Waals surface area contributed by atoms with Gasteiger partial charge in [-0.2, -0.15) is 0 Å². The zero-order valence-electron chi connectivity index (χ0n) is 28.2. The van der Waals surface area contributed by atoms with Crippen LogP contribution in [0.1, 0.15) is 99.4 Å². The van der Waals surface area contributed by atoms with Crippen LogP contribution in [0.5, 0.6) is 0 Å². The lowest BCUT2D eigenvalue weighted by atomic mass is 9.66. The Morgan fingerprint density at radius 2 is 1.04 bits per heavy atom. The number of rotatable bonds is 7. The summed E-state index contributed by atoms with van der Waals surface area (Å²) in [5, 5.41) is 7.83. The first-order chi connectivity index (χ1) is 22.2. The fourth-order valence-corrected chi connectivity index (χ4v) is 8.19. The van der Waals surface area contributed by atoms with E-state index in [1.54, 1.807) is 0 Å². The molecule has 236 valence electrons. The molecular formula is C43H48N2O. The average Bonchev–Trinajstić information content (AvgIpc) is 3.60. The van der Waals surface area contributed by atoms with Crippen LogP contribution in [-0.2, 0) is 10.8 Å². The summed E-state index contributed by atoms with van der Waals surface area (Å²) in [6.45, 7) is 14.2. The van der Waals surface area contributed by atoms with Crippen molar-refractivity contribution in [3.63, 3.8) is 0 Å². The minimum atomic E-state index is -0.113. The lowest BCUT2D eigenvalue weighted by Crippen LogP contribution is -2.41. The van der Waals surface area contributed by atoms with E-state index in [1.807, 2.05) is 12.3 Å². The van der Waals surface area contributed by atoms with Crippen molar-refractivity contribution in [2.45, 2.75) is 83.2 Å².